The first-order chi connectivity index (χ1) is 16.5. The molecule has 9 heteroatoms. The fraction of sp³-hybridized carbons (Fsp3) is 0.0400. The van der Waals surface area contributed by atoms with Crippen molar-refractivity contribution < 1.29 is 9.59 Å². The van der Waals surface area contributed by atoms with Crippen molar-refractivity contribution in [3.63, 3.8) is 0 Å². The van der Waals surface area contributed by atoms with Crippen LogP contribution in [-0.4, -0.2) is 26.6 Å². The molecule has 0 saturated heterocycles. The number of fused-ring (bicyclic) bond motifs is 1. The third-order valence-electron chi connectivity index (χ3n) is 5.17. The van der Waals surface area contributed by atoms with E-state index >= 15 is 0 Å². The van der Waals surface area contributed by atoms with E-state index in [2.05, 4.69) is 20.7 Å². The minimum absolute atomic E-state index is 0.192. The van der Waals surface area contributed by atoms with Crippen LogP contribution in [0.3, 0.4) is 0 Å². The number of hydrogen-bond acceptors (Lipinski definition) is 5. The number of rotatable bonds is 5. The van der Waals surface area contributed by atoms with Gasteiger partial charge in [0, 0.05) is 0 Å². The number of amides is 2. The molecule has 2 N–H and O–H groups in total. The minimum Gasteiger partial charge on any atom is -0.321 e. The van der Waals surface area contributed by atoms with E-state index in [1.54, 1.807) is 31.2 Å². The Morgan fingerprint density at radius 1 is 0.882 bits per heavy atom. The summed E-state index contributed by atoms with van der Waals surface area (Å²) in [6.07, 6.45) is 0. The molecule has 0 unspecified atom stereocenters. The van der Waals surface area contributed by atoms with Gasteiger partial charge in [-0.3, -0.25) is 14.9 Å². The van der Waals surface area contributed by atoms with Crippen molar-refractivity contribution in [2.24, 2.45) is 0 Å². The Morgan fingerprint density at radius 2 is 1.59 bits per heavy atom. The van der Waals surface area contributed by atoms with Gasteiger partial charge in [0.2, 0.25) is 0 Å². The number of benzene rings is 3. The quantitative estimate of drug-likeness (QED) is 0.320. The second-order valence-corrected chi connectivity index (χ2v) is 8.83. The van der Waals surface area contributed by atoms with Gasteiger partial charge in [-0.2, -0.15) is 5.10 Å². The lowest BCUT2D eigenvalue weighted by molar-refractivity contribution is 0.102. The molecule has 0 aliphatic carbocycles. The Labute approximate surface area is 204 Å². The fourth-order valence-electron chi connectivity index (χ4n) is 3.56. The van der Waals surface area contributed by atoms with Gasteiger partial charge in [-0.1, -0.05) is 65.4 Å². The van der Waals surface area contributed by atoms with Crippen molar-refractivity contribution in [3.8, 4) is 5.69 Å². The molecule has 2 aromatic heterocycles. The number of anilines is 2. The van der Waals surface area contributed by atoms with Crippen molar-refractivity contribution in [2.45, 2.75) is 6.92 Å². The number of nitrogens with one attached hydrogen (secondary N) is 2. The smallest absolute Gasteiger partial charge is 0.260 e. The van der Waals surface area contributed by atoms with Crippen LogP contribution in [0.2, 0.25) is 5.15 Å². The zero-order chi connectivity index (χ0) is 23.7. The number of carbonyl (C=O) groups is 2. The van der Waals surface area contributed by atoms with Gasteiger partial charge in [-0.25, -0.2) is 9.67 Å². The maximum atomic E-state index is 13.2. The van der Waals surface area contributed by atoms with E-state index in [4.69, 9.17) is 11.6 Å². The van der Waals surface area contributed by atoms with Crippen molar-refractivity contribution >= 4 is 55.8 Å². The minimum atomic E-state index is -0.454. The van der Waals surface area contributed by atoms with Gasteiger partial charge in [0.15, 0.2) is 5.13 Å². The predicted molar refractivity (Wildman–Crippen MR) is 135 cm³/mol. The van der Waals surface area contributed by atoms with Gasteiger partial charge in [-0.05, 0) is 43.3 Å². The number of aryl methyl sites for hydroxylation is 1. The van der Waals surface area contributed by atoms with Crippen molar-refractivity contribution in [1.82, 2.24) is 14.8 Å². The third kappa shape index (κ3) is 4.16. The van der Waals surface area contributed by atoms with E-state index in [0.29, 0.717) is 22.1 Å². The van der Waals surface area contributed by atoms with Crippen LogP contribution in [0.5, 0.6) is 0 Å². The average molecular weight is 488 g/mol. The molecule has 0 aliphatic rings. The topological polar surface area (TPSA) is 88.9 Å². The molecule has 5 rings (SSSR count). The highest BCUT2D eigenvalue weighted by atomic mass is 35.5. The number of hydrogen-bond donors (Lipinski definition) is 2. The molecule has 0 radical (unpaired) electrons. The summed E-state index contributed by atoms with van der Waals surface area (Å²) in [6, 6.07) is 23.7. The van der Waals surface area contributed by atoms with E-state index < -0.39 is 5.91 Å². The fourth-order valence-corrected chi connectivity index (χ4v) is 4.78. The molecule has 0 spiro atoms. The van der Waals surface area contributed by atoms with Crippen LogP contribution in [0, 0.1) is 6.92 Å². The molecule has 2 amide bonds. The van der Waals surface area contributed by atoms with Crippen LogP contribution in [0.4, 0.5) is 10.8 Å². The van der Waals surface area contributed by atoms with Crippen LogP contribution < -0.4 is 10.6 Å². The Balaban J connectivity index is 1.40. The molecule has 34 heavy (non-hydrogen) atoms. The highest BCUT2D eigenvalue weighted by molar-refractivity contribution is 7.22. The SMILES string of the molecule is Cc1nn(-c2ccccc2)c(Cl)c1C(=O)Nc1ccccc1C(=O)Nc1nc2ccccc2s1. The Bertz CT molecular complexity index is 1490. The highest BCUT2D eigenvalue weighted by Crippen LogP contribution is 2.28. The summed E-state index contributed by atoms with van der Waals surface area (Å²) in [5.41, 5.74) is 2.93. The van der Waals surface area contributed by atoms with E-state index in [1.165, 1.54) is 16.0 Å². The van der Waals surface area contributed by atoms with E-state index in [0.717, 1.165) is 15.9 Å². The molecule has 0 bridgehead atoms. The first kappa shape index (κ1) is 21.8. The van der Waals surface area contributed by atoms with Gasteiger partial charge < -0.3 is 5.32 Å². The lowest BCUT2D eigenvalue weighted by Crippen LogP contribution is -2.18. The maximum Gasteiger partial charge on any atom is 0.260 e. The molecule has 5 aromatic rings. The van der Waals surface area contributed by atoms with Crippen LogP contribution in [-0.2, 0) is 0 Å². The lowest BCUT2D eigenvalue weighted by atomic mass is 10.1. The third-order valence-corrected chi connectivity index (χ3v) is 6.47. The van der Waals surface area contributed by atoms with E-state index in [9.17, 15) is 9.59 Å². The zero-order valence-corrected chi connectivity index (χ0v) is 19.5. The Kier molecular flexibility index (Phi) is 5.83. The summed E-state index contributed by atoms with van der Waals surface area (Å²) in [4.78, 5) is 30.6. The molecule has 3 aromatic carbocycles. The van der Waals surface area contributed by atoms with Crippen LogP contribution in [0.15, 0.2) is 78.9 Å². The summed E-state index contributed by atoms with van der Waals surface area (Å²) in [5, 5.41) is 10.7. The highest BCUT2D eigenvalue weighted by Gasteiger charge is 2.23. The van der Waals surface area contributed by atoms with Gasteiger partial charge in [-0.15, -0.1) is 0 Å². The molecule has 0 saturated carbocycles. The second kappa shape index (κ2) is 9.09. The van der Waals surface area contributed by atoms with Crippen molar-refractivity contribution in [2.75, 3.05) is 10.6 Å². The van der Waals surface area contributed by atoms with Gasteiger partial charge in [0.1, 0.15) is 10.7 Å². The lowest BCUT2D eigenvalue weighted by Gasteiger charge is -2.10. The zero-order valence-electron chi connectivity index (χ0n) is 17.9. The number of nitrogens with zero attached hydrogens (tertiary/aromatic N) is 3. The van der Waals surface area contributed by atoms with Gasteiger partial charge >= 0.3 is 0 Å². The number of para-hydroxylation sites is 3. The van der Waals surface area contributed by atoms with Crippen LogP contribution in [0.1, 0.15) is 26.4 Å². The number of carbonyl (C=O) groups excluding carboxylic acids is 2. The molecular weight excluding hydrogens is 470 g/mol. The molecule has 0 fully saturated rings. The summed E-state index contributed by atoms with van der Waals surface area (Å²) in [6.45, 7) is 1.71. The molecule has 0 atom stereocenters. The average Bonchev–Trinajstić information content (AvgIpc) is 3.39. The summed E-state index contributed by atoms with van der Waals surface area (Å²) < 4.78 is 2.48. The summed E-state index contributed by atoms with van der Waals surface area (Å²) in [5.74, 6) is -0.831. The Morgan fingerprint density at radius 3 is 2.38 bits per heavy atom. The monoisotopic (exact) mass is 487 g/mol. The maximum absolute atomic E-state index is 13.2. The molecular formula is C25H18ClN5O2S. The van der Waals surface area contributed by atoms with Gasteiger partial charge in [0.25, 0.3) is 11.8 Å². The van der Waals surface area contributed by atoms with Crippen LogP contribution >= 0.6 is 22.9 Å². The summed E-state index contributed by atoms with van der Waals surface area (Å²) >= 11 is 7.91. The standard InChI is InChI=1S/C25H18ClN5O2S/c1-15-21(22(26)31(30-15)16-9-3-2-4-10-16)24(33)27-18-12-6-5-11-17(18)23(32)29-25-28-19-13-7-8-14-20(19)34-25/h2-14H,1H3,(H,27,33)(H,28,29,32). The van der Waals surface area contributed by atoms with Gasteiger partial charge in [0.05, 0.1) is 32.8 Å². The second-order valence-electron chi connectivity index (χ2n) is 7.44. The first-order valence-corrected chi connectivity index (χ1v) is 11.6. The summed E-state index contributed by atoms with van der Waals surface area (Å²) in [7, 11) is 0. The van der Waals surface area contributed by atoms with Crippen molar-refractivity contribution in [1.29, 1.82) is 0 Å². The van der Waals surface area contributed by atoms with Crippen LogP contribution in [0.25, 0.3) is 15.9 Å². The number of thiazole rings is 1. The molecule has 7 nitrogen and oxygen atoms in total. The van der Waals surface area contributed by atoms with E-state index in [1.807, 2.05) is 54.6 Å². The van der Waals surface area contributed by atoms with E-state index in [-0.39, 0.29) is 16.6 Å². The number of halogens is 1. The van der Waals surface area contributed by atoms with Crippen molar-refractivity contribution in [3.05, 3.63) is 101 Å². The Hall–Kier alpha value is -4.01. The molecule has 168 valence electrons. The molecule has 2 heterocycles. The molecule has 0 aliphatic heterocycles. The first-order valence-electron chi connectivity index (χ1n) is 10.4. The number of aromatic nitrogens is 3. The predicted octanol–water partition coefficient (Wildman–Crippen LogP) is 5.95. The largest absolute Gasteiger partial charge is 0.321 e. The normalized spacial score (nSPS) is 10.9.